The Bertz CT molecular complexity index is 1340. The predicted molar refractivity (Wildman–Crippen MR) is 127 cm³/mol. The van der Waals surface area contributed by atoms with Gasteiger partial charge >= 0.3 is 0 Å². The smallest absolute Gasteiger partial charge is 0.260 e. The average Bonchev–Trinajstić information content (AvgIpc) is 3.55. The number of halogens is 1. The van der Waals surface area contributed by atoms with E-state index in [9.17, 15) is 14.4 Å². The number of furan rings is 1. The fourth-order valence-electron chi connectivity index (χ4n) is 3.79. The largest absolute Gasteiger partial charge is 0.467 e. The number of rotatable bonds is 5. The van der Waals surface area contributed by atoms with Gasteiger partial charge in [0.05, 0.1) is 33.7 Å². The van der Waals surface area contributed by atoms with Gasteiger partial charge in [0.2, 0.25) is 11.8 Å². The van der Waals surface area contributed by atoms with Gasteiger partial charge < -0.3 is 4.42 Å². The summed E-state index contributed by atoms with van der Waals surface area (Å²) in [5.74, 6) is -0.284. The molecule has 0 saturated carbocycles. The first-order valence-corrected chi connectivity index (χ1v) is 11.5. The number of aryl methyl sites for hydroxylation is 1. The number of nitrogens with zero attached hydrogens (tertiary/aromatic N) is 3. The fraction of sp³-hybridized carbons (Fsp3) is 0.167. The molecule has 0 bridgehead atoms. The van der Waals surface area contributed by atoms with E-state index in [4.69, 9.17) is 21.0 Å². The second-order valence-electron chi connectivity index (χ2n) is 7.68. The van der Waals surface area contributed by atoms with Crippen molar-refractivity contribution in [3.05, 3.63) is 76.7 Å². The molecule has 3 heterocycles. The van der Waals surface area contributed by atoms with Crippen molar-refractivity contribution in [2.45, 2.75) is 26.3 Å². The molecule has 7 nitrogen and oxygen atoms in total. The molecule has 0 spiro atoms. The van der Waals surface area contributed by atoms with E-state index in [-0.39, 0.29) is 37.1 Å². The quantitative estimate of drug-likeness (QED) is 0.360. The van der Waals surface area contributed by atoms with Crippen molar-refractivity contribution in [1.29, 1.82) is 0 Å². The van der Waals surface area contributed by atoms with Crippen LogP contribution in [0.4, 0.5) is 10.8 Å². The topological polar surface area (TPSA) is 83.7 Å². The lowest BCUT2D eigenvalue weighted by Gasteiger charge is -2.20. The molecule has 1 aliphatic rings. The van der Waals surface area contributed by atoms with E-state index in [1.54, 1.807) is 42.7 Å². The highest BCUT2D eigenvalue weighted by Crippen LogP contribution is 2.37. The molecule has 2 aromatic carbocycles. The maximum atomic E-state index is 13.7. The van der Waals surface area contributed by atoms with Gasteiger partial charge in [-0.1, -0.05) is 35.1 Å². The van der Waals surface area contributed by atoms with Crippen molar-refractivity contribution in [2.75, 3.05) is 9.80 Å². The van der Waals surface area contributed by atoms with E-state index in [1.807, 2.05) is 19.1 Å². The first-order chi connectivity index (χ1) is 15.9. The summed E-state index contributed by atoms with van der Waals surface area (Å²) in [6.07, 6.45) is 1.89. The Morgan fingerprint density at radius 2 is 1.94 bits per heavy atom. The van der Waals surface area contributed by atoms with Crippen LogP contribution >= 0.6 is 22.9 Å². The molecule has 0 N–H and O–H groups in total. The number of imide groups is 1. The molecular weight excluding hydrogens is 462 g/mol. The second-order valence-corrected chi connectivity index (χ2v) is 9.07. The van der Waals surface area contributed by atoms with Gasteiger partial charge in [0.1, 0.15) is 5.76 Å². The van der Waals surface area contributed by atoms with Gasteiger partial charge in [-0.3, -0.25) is 24.2 Å². The number of carbonyl (C=O) groups excluding carboxylic acids is 3. The highest BCUT2D eigenvalue weighted by molar-refractivity contribution is 7.23. The number of aromatic nitrogens is 1. The summed E-state index contributed by atoms with van der Waals surface area (Å²) in [7, 11) is 0. The first-order valence-electron chi connectivity index (χ1n) is 10.3. The number of thiazole rings is 1. The highest BCUT2D eigenvalue weighted by atomic mass is 35.5. The standard InChI is InChI=1S/C24H18ClN3O4S/c1-14-7-8-18(25)22-21(14)26-24(33-22)27(13-17-6-3-11-32-17)23(31)15-4-2-5-16(12-15)28-19(29)9-10-20(28)30/h2-8,11-12H,9-10,13H2,1H3. The number of anilines is 2. The summed E-state index contributed by atoms with van der Waals surface area (Å²) in [5, 5.41) is 1.04. The van der Waals surface area contributed by atoms with Crippen molar-refractivity contribution in [3.63, 3.8) is 0 Å². The zero-order chi connectivity index (χ0) is 23.1. The minimum absolute atomic E-state index is 0.161. The van der Waals surface area contributed by atoms with Gasteiger partial charge in [-0.15, -0.1) is 0 Å². The molecule has 1 aliphatic heterocycles. The summed E-state index contributed by atoms with van der Waals surface area (Å²) >= 11 is 7.71. The van der Waals surface area contributed by atoms with Crippen LogP contribution in [0, 0.1) is 6.92 Å². The fourth-order valence-corrected chi connectivity index (χ4v) is 5.10. The van der Waals surface area contributed by atoms with Crippen LogP contribution in [-0.2, 0) is 16.1 Å². The zero-order valence-electron chi connectivity index (χ0n) is 17.6. The van der Waals surface area contributed by atoms with E-state index in [2.05, 4.69) is 0 Å². The van der Waals surface area contributed by atoms with Crippen molar-refractivity contribution in [1.82, 2.24) is 4.98 Å². The summed E-state index contributed by atoms with van der Waals surface area (Å²) in [6, 6.07) is 13.8. The van der Waals surface area contributed by atoms with Gasteiger partial charge in [0.25, 0.3) is 5.91 Å². The second kappa shape index (κ2) is 8.46. The summed E-state index contributed by atoms with van der Waals surface area (Å²) in [5.41, 5.74) is 2.40. The molecule has 0 atom stereocenters. The monoisotopic (exact) mass is 479 g/mol. The molecule has 9 heteroatoms. The Morgan fingerprint density at radius 1 is 1.15 bits per heavy atom. The third-order valence-electron chi connectivity index (χ3n) is 5.46. The van der Waals surface area contributed by atoms with E-state index < -0.39 is 0 Å². The van der Waals surface area contributed by atoms with Crippen molar-refractivity contribution in [2.24, 2.45) is 0 Å². The molecule has 4 aromatic rings. The van der Waals surface area contributed by atoms with Gasteiger partial charge in [-0.05, 0) is 48.9 Å². The third kappa shape index (κ3) is 3.92. The Labute approximate surface area is 198 Å². The van der Waals surface area contributed by atoms with Crippen LogP contribution in [0.25, 0.3) is 10.2 Å². The molecule has 0 unspecified atom stereocenters. The SMILES string of the molecule is Cc1ccc(Cl)c2sc(N(Cc3ccco3)C(=O)c3cccc(N4C(=O)CCC4=O)c3)nc12. The van der Waals surface area contributed by atoms with Crippen LogP contribution in [0.2, 0.25) is 5.02 Å². The number of amides is 3. The molecule has 1 saturated heterocycles. The minimum atomic E-state index is -0.333. The number of hydrogen-bond donors (Lipinski definition) is 0. The maximum Gasteiger partial charge on any atom is 0.260 e. The average molecular weight is 480 g/mol. The summed E-state index contributed by atoms with van der Waals surface area (Å²) in [4.78, 5) is 45.4. The lowest BCUT2D eigenvalue weighted by atomic mass is 10.1. The van der Waals surface area contributed by atoms with Gasteiger partial charge in [0.15, 0.2) is 5.13 Å². The molecule has 33 heavy (non-hydrogen) atoms. The van der Waals surface area contributed by atoms with E-state index in [1.165, 1.54) is 16.2 Å². The maximum absolute atomic E-state index is 13.7. The highest BCUT2D eigenvalue weighted by Gasteiger charge is 2.31. The number of fused-ring (bicyclic) bond motifs is 1. The third-order valence-corrected chi connectivity index (χ3v) is 7.00. The van der Waals surface area contributed by atoms with Gasteiger partial charge in [0, 0.05) is 18.4 Å². The van der Waals surface area contributed by atoms with Crippen LogP contribution in [0.1, 0.15) is 34.5 Å². The first kappa shape index (κ1) is 21.4. The molecule has 3 amide bonds. The van der Waals surface area contributed by atoms with E-state index in [0.29, 0.717) is 27.2 Å². The normalized spacial score (nSPS) is 13.8. The van der Waals surface area contributed by atoms with Crippen LogP contribution in [0.5, 0.6) is 0 Å². The molecule has 1 fully saturated rings. The Balaban J connectivity index is 1.57. The molecule has 0 radical (unpaired) electrons. The van der Waals surface area contributed by atoms with Crippen LogP contribution in [0.15, 0.2) is 59.2 Å². The Kier molecular flexibility index (Phi) is 5.47. The van der Waals surface area contributed by atoms with Crippen LogP contribution in [0.3, 0.4) is 0 Å². The molecule has 2 aromatic heterocycles. The molecule has 0 aliphatic carbocycles. The van der Waals surface area contributed by atoms with Gasteiger partial charge in [-0.25, -0.2) is 4.98 Å². The summed E-state index contributed by atoms with van der Waals surface area (Å²) in [6.45, 7) is 2.10. The number of carbonyl (C=O) groups is 3. The summed E-state index contributed by atoms with van der Waals surface area (Å²) < 4.78 is 6.28. The van der Waals surface area contributed by atoms with Gasteiger partial charge in [-0.2, -0.15) is 0 Å². The Hall–Kier alpha value is -3.49. The van der Waals surface area contributed by atoms with E-state index in [0.717, 1.165) is 20.7 Å². The van der Waals surface area contributed by atoms with E-state index >= 15 is 0 Å². The molecule has 166 valence electrons. The van der Waals surface area contributed by atoms with Crippen LogP contribution < -0.4 is 9.80 Å². The lowest BCUT2D eigenvalue weighted by Crippen LogP contribution is -2.31. The van der Waals surface area contributed by atoms with Crippen LogP contribution in [-0.4, -0.2) is 22.7 Å². The van der Waals surface area contributed by atoms with Crippen molar-refractivity contribution in [3.8, 4) is 0 Å². The molecular formula is C24H18ClN3O4S. The number of hydrogen-bond acceptors (Lipinski definition) is 6. The predicted octanol–water partition coefficient (Wildman–Crippen LogP) is 5.35. The lowest BCUT2D eigenvalue weighted by molar-refractivity contribution is -0.121. The zero-order valence-corrected chi connectivity index (χ0v) is 19.2. The number of benzene rings is 2. The molecule has 5 rings (SSSR count). The van der Waals surface area contributed by atoms with Crippen molar-refractivity contribution < 1.29 is 18.8 Å². The Morgan fingerprint density at radius 3 is 2.64 bits per heavy atom. The van der Waals surface area contributed by atoms with Crippen molar-refractivity contribution >= 4 is 61.7 Å². The minimum Gasteiger partial charge on any atom is -0.467 e.